The van der Waals surface area contributed by atoms with Crippen LogP contribution in [-0.2, 0) is 0 Å². The van der Waals surface area contributed by atoms with Gasteiger partial charge in [0, 0.05) is 30.2 Å². The quantitative estimate of drug-likeness (QED) is 0.475. The lowest BCUT2D eigenvalue weighted by Crippen LogP contribution is -2.17. The number of carbonyl (C=O) groups is 3. The first-order chi connectivity index (χ1) is 14.3. The highest BCUT2D eigenvalue weighted by atomic mass is 79.9. The van der Waals surface area contributed by atoms with E-state index in [2.05, 4.69) is 26.6 Å². The Morgan fingerprint density at radius 2 is 1.70 bits per heavy atom. The summed E-state index contributed by atoms with van der Waals surface area (Å²) in [5, 5.41) is 5.36. The molecule has 0 saturated heterocycles. The van der Waals surface area contributed by atoms with Gasteiger partial charge < -0.3 is 20.0 Å². The van der Waals surface area contributed by atoms with Gasteiger partial charge >= 0.3 is 0 Å². The Balaban J connectivity index is 1.73. The Morgan fingerprint density at radius 1 is 0.933 bits per heavy atom. The second kappa shape index (κ2) is 9.64. The number of halogens is 1. The molecule has 0 unspecified atom stereocenters. The van der Waals surface area contributed by atoms with E-state index >= 15 is 0 Å². The van der Waals surface area contributed by atoms with Gasteiger partial charge in [0.2, 0.25) is 0 Å². The molecule has 3 rings (SSSR count). The van der Waals surface area contributed by atoms with Crippen molar-refractivity contribution in [3.05, 3.63) is 76.7 Å². The molecule has 1 heterocycles. The van der Waals surface area contributed by atoms with Gasteiger partial charge in [-0.3, -0.25) is 14.4 Å². The van der Waals surface area contributed by atoms with E-state index in [0.717, 1.165) is 11.8 Å². The smallest absolute Gasteiger partial charge is 0.291 e. The third kappa shape index (κ3) is 5.52. The van der Waals surface area contributed by atoms with Crippen LogP contribution in [0.5, 0.6) is 0 Å². The summed E-state index contributed by atoms with van der Waals surface area (Å²) >= 11 is 4.18. The number of anilines is 2. The van der Waals surface area contributed by atoms with E-state index < -0.39 is 5.91 Å². The van der Waals surface area contributed by atoms with Crippen LogP contribution in [0.2, 0.25) is 0 Å². The van der Waals surface area contributed by atoms with E-state index in [0.29, 0.717) is 26.5 Å². The second-order valence-electron chi connectivity index (χ2n) is 6.35. The molecular formula is C21H18BrN3O4S. The van der Waals surface area contributed by atoms with Crippen LogP contribution in [0.4, 0.5) is 16.2 Å². The second-order valence-corrected chi connectivity index (χ2v) is 8.13. The minimum atomic E-state index is -0.429. The summed E-state index contributed by atoms with van der Waals surface area (Å²) in [6.45, 7) is 0. The van der Waals surface area contributed by atoms with Crippen molar-refractivity contribution in [3.63, 3.8) is 0 Å². The van der Waals surface area contributed by atoms with Crippen LogP contribution in [0.3, 0.4) is 0 Å². The molecule has 0 aliphatic carbocycles. The summed E-state index contributed by atoms with van der Waals surface area (Å²) in [5.74, 6) is -0.646. The number of hydrogen-bond donors (Lipinski definition) is 2. The van der Waals surface area contributed by atoms with Gasteiger partial charge in [-0.1, -0.05) is 18.2 Å². The summed E-state index contributed by atoms with van der Waals surface area (Å²) in [6.07, 6.45) is 0. The molecule has 0 atom stereocenters. The molecule has 1 aromatic heterocycles. The van der Waals surface area contributed by atoms with Crippen molar-refractivity contribution in [3.8, 4) is 0 Å². The number of thioether (sulfide) groups is 1. The molecule has 9 heteroatoms. The van der Waals surface area contributed by atoms with Crippen LogP contribution in [0.1, 0.15) is 20.9 Å². The molecule has 2 aromatic carbocycles. The maximum Gasteiger partial charge on any atom is 0.291 e. The molecule has 0 radical (unpaired) electrons. The molecule has 30 heavy (non-hydrogen) atoms. The normalized spacial score (nSPS) is 10.4. The molecular weight excluding hydrogens is 470 g/mol. The molecule has 7 nitrogen and oxygen atoms in total. The van der Waals surface area contributed by atoms with Crippen LogP contribution in [0, 0.1) is 0 Å². The minimum absolute atomic E-state index is 0.147. The maximum atomic E-state index is 12.7. The molecule has 3 aromatic rings. The maximum absolute atomic E-state index is 12.7. The van der Waals surface area contributed by atoms with Gasteiger partial charge in [-0.2, -0.15) is 0 Å². The fourth-order valence-electron chi connectivity index (χ4n) is 2.41. The molecule has 0 spiro atoms. The third-order valence-corrected chi connectivity index (χ3v) is 5.42. The van der Waals surface area contributed by atoms with Crippen molar-refractivity contribution in [1.29, 1.82) is 0 Å². The lowest BCUT2D eigenvalue weighted by molar-refractivity contribution is 0.0992. The largest absolute Gasteiger partial charge is 0.444 e. The molecule has 2 N–H and O–H groups in total. The predicted molar refractivity (Wildman–Crippen MR) is 120 cm³/mol. The molecule has 154 valence electrons. The fraction of sp³-hybridized carbons (Fsp3) is 0.0952. The Kier molecular flexibility index (Phi) is 6.96. The van der Waals surface area contributed by atoms with Gasteiger partial charge in [0.1, 0.15) is 0 Å². The zero-order valence-electron chi connectivity index (χ0n) is 16.1. The van der Waals surface area contributed by atoms with Crippen molar-refractivity contribution in [1.82, 2.24) is 4.90 Å². The number of benzene rings is 2. The summed E-state index contributed by atoms with van der Waals surface area (Å²) in [4.78, 5) is 39.1. The van der Waals surface area contributed by atoms with Crippen molar-refractivity contribution >= 4 is 56.1 Å². The average Bonchev–Trinajstić information content (AvgIpc) is 3.16. The van der Waals surface area contributed by atoms with E-state index in [9.17, 15) is 14.4 Å². The van der Waals surface area contributed by atoms with Crippen molar-refractivity contribution < 1.29 is 18.8 Å². The van der Waals surface area contributed by atoms with Gasteiger partial charge in [-0.25, -0.2) is 0 Å². The number of rotatable bonds is 5. The number of carbonyl (C=O) groups excluding carboxylic acids is 3. The van der Waals surface area contributed by atoms with Gasteiger partial charge in [-0.05, 0) is 70.2 Å². The fourth-order valence-corrected chi connectivity index (χ4v) is 3.46. The van der Waals surface area contributed by atoms with Gasteiger partial charge in [0.05, 0.1) is 5.69 Å². The lowest BCUT2D eigenvalue weighted by atomic mass is 10.1. The van der Waals surface area contributed by atoms with Crippen LogP contribution >= 0.6 is 27.7 Å². The molecule has 0 fully saturated rings. The molecule has 0 aliphatic rings. The number of nitrogens with zero attached hydrogens (tertiary/aromatic N) is 1. The van der Waals surface area contributed by atoms with E-state index in [1.807, 2.05) is 0 Å². The SMILES string of the molecule is CN(C)C(=O)Sc1ccccc1NC(=O)c1cccc(NC(=O)c2ccc(Br)o2)c1. The third-order valence-electron chi connectivity index (χ3n) is 3.88. The van der Waals surface area contributed by atoms with Crippen LogP contribution in [0.15, 0.2) is 74.6 Å². The topological polar surface area (TPSA) is 91.7 Å². The van der Waals surface area contributed by atoms with E-state index in [1.165, 1.54) is 4.90 Å². The average molecular weight is 488 g/mol. The summed E-state index contributed by atoms with van der Waals surface area (Å²) in [7, 11) is 3.33. The Bertz CT molecular complexity index is 1100. The molecule has 0 saturated carbocycles. The van der Waals surface area contributed by atoms with E-state index in [-0.39, 0.29) is 16.9 Å². The summed E-state index contributed by atoms with van der Waals surface area (Å²) in [6, 6.07) is 16.8. The highest BCUT2D eigenvalue weighted by molar-refractivity contribution is 9.10. The predicted octanol–water partition coefficient (Wildman–Crippen LogP) is 5.32. The van der Waals surface area contributed by atoms with Crippen LogP contribution in [0.25, 0.3) is 0 Å². The minimum Gasteiger partial charge on any atom is -0.444 e. The van der Waals surface area contributed by atoms with Crippen molar-refractivity contribution in [2.24, 2.45) is 0 Å². The zero-order valence-corrected chi connectivity index (χ0v) is 18.5. The first-order valence-electron chi connectivity index (χ1n) is 8.80. The highest BCUT2D eigenvalue weighted by Gasteiger charge is 2.15. The van der Waals surface area contributed by atoms with Crippen LogP contribution < -0.4 is 10.6 Å². The standard InChI is InChI=1S/C21H18BrN3O4S/c1-25(2)21(28)30-17-9-4-3-8-15(17)24-19(26)13-6-5-7-14(12-13)23-20(27)16-10-11-18(22)29-16/h3-12H,1-2H3,(H,23,27)(H,24,26). The number of nitrogens with one attached hydrogen (secondary N) is 2. The first kappa shape index (κ1) is 21.7. The van der Waals surface area contributed by atoms with Gasteiger partial charge in [0.25, 0.3) is 17.1 Å². The van der Waals surface area contributed by atoms with E-state index in [4.69, 9.17) is 4.42 Å². The van der Waals surface area contributed by atoms with Crippen molar-refractivity contribution in [2.75, 3.05) is 24.7 Å². The molecule has 0 bridgehead atoms. The number of amides is 3. The first-order valence-corrected chi connectivity index (χ1v) is 10.4. The van der Waals surface area contributed by atoms with E-state index in [1.54, 1.807) is 74.8 Å². The zero-order chi connectivity index (χ0) is 21.7. The summed E-state index contributed by atoms with van der Waals surface area (Å²) < 4.78 is 5.68. The van der Waals surface area contributed by atoms with Gasteiger partial charge in [-0.15, -0.1) is 0 Å². The lowest BCUT2D eigenvalue weighted by Gasteiger charge is -2.13. The number of para-hydroxylation sites is 1. The highest BCUT2D eigenvalue weighted by Crippen LogP contribution is 2.29. The Hall–Kier alpha value is -3.04. The Labute approximate surface area is 185 Å². The molecule has 3 amide bonds. The van der Waals surface area contributed by atoms with Crippen molar-refractivity contribution in [2.45, 2.75) is 4.90 Å². The summed E-state index contributed by atoms with van der Waals surface area (Å²) in [5.41, 5.74) is 1.33. The monoisotopic (exact) mass is 487 g/mol. The molecule has 0 aliphatic heterocycles. The number of furan rings is 1. The number of hydrogen-bond acceptors (Lipinski definition) is 5. The Morgan fingerprint density at radius 3 is 2.40 bits per heavy atom. The van der Waals surface area contributed by atoms with Crippen LogP contribution in [-0.4, -0.2) is 36.0 Å². The van der Waals surface area contributed by atoms with Gasteiger partial charge in [0.15, 0.2) is 10.4 Å².